The van der Waals surface area contributed by atoms with Crippen LogP contribution in [0.2, 0.25) is 0 Å². The number of halogens is 3. The number of guanidine groups is 1. The molecule has 10 rings (SSSR count). The molecule has 4 aliphatic heterocycles. The van der Waals surface area contributed by atoms with E-state index in [9.17, 15) is 9.59 Å². The number of amidine groups is 1. The Labute approximate surface area is 384 Å². The molecule has 2 amide bonds. The van der Waals surface area contributed by atoms with Crippen molar-refractivity contribution in [2.45, 2.75) is 73.6 Å². The predicted molar refractivity (Wildman–Crippen MR) is 253 cm³/mol. The number of ether oxygens (including phenoxy) is 2. The van der Waals surface area contributed by atoms with Crippen molar-refractivity contribution in [1.82, 2.24) is 16.0 Å². The Kier molecular flexibility index (Phi) is 13.1. The lowest BCUT2D eigenvalue weighted by atomic mass is 9.72. The van der Waals surface area contributed by atoms with Gasteiger partial charge in [-0.25, -0.2) is 9.98 Å². The summed E-state index contributed by atoms with van der Waals surface area (Å²) in [6.07, 6.45) is 8.39. The van der Waals surface area contributed by atoms with Gasteiger partial charge < -0.3 is 27.1 Å². The van der Waals surface area contributed by atoms with Gasteiger partial charge in [-0.1, -0.05) is 92.2 Å². The molecule has 2 unspecified atom stereocenters. The van der Waals surface area contributed by atoms with Gasteiger partial charge in [-0.05, 0) is 123 Å². The Hall–Kier alpha value is -3.48. The van der Waals surface area contributed by atoms with Crippen molar-refractivity contribution < 1.29 is 19.1 Å². The van der Waals surface area contributed by atoms with Crippen LogP contribution >= 0.6 is 67.6 Å². The lowest BCUT2D eigenvalue weighted by Gasteiger charge is -2.38. The van der Waals surface area contributed by atoms with E-state index in [-0.39, 0.29) is 47.9 Å². The summed E-state index contributed by atoms with van der Waals surface area (Å²) in [6, 6.07) is 28.8. The van der Waals surface area contributed by atoms with Crippen LogP contribution in [0.25, 0.3) is 0 Å². The Bertz CT molecular complexity index is 2310. The molecule has 15 heteroatoms. The molecule has 2 aliphatic carbocycles. The van der Waals surface area contributed by atoms with Gasteiger partial charge in [-0.15, -0.1) is 24.0 Å². The van der Waals surface area contributed by atoms with Gasteiger partial charge in [0.15, 0.2) is 11.1 Å². The number of carbonyl (C=O) groups excluding carboxylic acids is 2. The highest BCUT2D eigenvalue weighted by atomic mass is 127. The third-order valence-corrected chi connectivity index (χ3v) is 14.3. The number of amides is 2. The van der Waals surface area contributed by atoms with E-state index in [4.69, 9.17) is 25.2 Å². The van der Waals surface area contributed by atoms with Crippen LogP contribution in [-0.2, 0) is 46.4 Å². The van der Waals surface area contributed by atoms with Gasteiger partial charge >= 0.3 is 0 Å². The second-order valence-corrected chi connectivity index (χ2v) is 17.8. The number of nitrogens with zero attached hydrogens (tertiary/aromatic N) is 4. The van der Waals surface area contributed by atoms with Gasteiger partial charge in [0, 0.05) is 34.2 Å². The van der Waals surface area contributed by atoms with Gasteiger partial charge in [0.2, 0.25) is 11.1 Å². The van der Waals surface area contributed by atoms with E-state index >= 15 is 0 Å². The summed E-state index contributed by atoms with van der Waals surface area (Å²) in [4.78, 5) is 40.2. The van der Waals surface area contributed by atoms with Crippen LogP contribution in [0.15, 0.2) is 104 Å². The molecule has 0 saturated carbocycles. The number of rotatable bonds is 0. The molecule has 59 heavy (non-hydrogen) atoms. The average Bonchev–Trinajstić information content (AvgIpc) is 3.71. The lowest BCUT2D eigenvalue weighted by molar-refractivity contribution is -0.138. The molecule has 0 bridgehead atoms. The zero-order valence-corrected chi connectivity index (χ0v) is 39.9. The van der Waals surface area contributed by atoms with Crippen molar-refractivity contribution in [3.8, 4) is 11.5 Å². The van der Waals surface area contributed by atoms with Crippen LogP contribution in [0, 0.1) is 0 Å². The Morgan fingerprint density at radius 3 is 1.36 bits per heavy atom. The number of fused-ring (bicyclic) bond motifs is 8. The highest BCUT2D eigenvalue weighted by Crippen LogP contribution is 2.59. The minimum absolute atomic E-state index is 0. The summed E-state index contributed by atoms with van der Waals surface area (Å²) in [5.41, 5.74) is 14.1. The largest absolute Gasteiger partial charge is 0.483 e. The van der Waals surface area contributed by atoms with Crippen molar-refractivity contribution in [3.63, 3.8) is 0 Å². The number of hydrogen-bond donors (Lipinski definition) is 3. The first-order chi connectivity index (χ1) is 27.5. The van der Waals surface area contributed by atoms with Crippen LogP contribution in [0.4, 0.5) is 0 Å². The molecule has 2 atom stereocenters. The number of aryl methyl sites for hydroxylation is 4. The number of hydrogen-bond acceptors (Lipinski definition) is 10. The number of likely N-dealkylation sites (N-methyl/N-ethyl adjacent to an activating group) is 2. The molecule has 0 aromatic heterocycles. The number of benzene rings is 4. The SMILES string of the molecule is CN.CN1C(=O)C2(N=C1N)c1cc(Br)ccc1OC21CCc2ccccc2CC1.CSC1=NC2(C(=O)N1C)c1cc(Br)ccc1OC21CCc2ccccc2CC1.I.N. The summed E-state index contributed by atoms with van der Waals surface area (Å²) in [5, 5.41) is 0.752. The van der Waals surface area contributed by atoms with Gasteiger partial charge in [0.05, 0.1) is 0 Å². The van der Waals surface area contributed by atoms with E-state index in [0.29, 0.717) is 12.8 Å². The van der Waals surface area contributed by atoms with Crippen molar-refractivity contribution in [1.29, 1.82) is 0 Å². The van der Waals surface area contributed by atoms with Crippen LogP contribution in [0.3, 0.4) is 0 Å². The van der Waals surface area contributed by atoms with Crippen LogP contribution in [0.5, 0.6) is 11.5 Å². The molecule has 0 fully saturated rings. The maximum atomic E-state index is 13.7. The molecular weight excluding hydrogens is 1010 g/mol. The third-order valence-electron chi connectivity index (χ3n) is 12.6. The summed E-state index contributed by atoms with van der Waals surface area (Å²) >= 11 is 8.63. The molecule has 0 radical (unpaired) electrons. The molecule has 4 heterocycles. The summed E-state index contributed by atoms with van der Waals surface area (Å²) in [7, 11) is 5.01. The number of thioether (sulfide) groups is 1. The van der Waals surface area contributed by atoms with E-state index in [1.807, 2.05) is 49.7 Å². The lowest BCUT2D eigenvalue weighted by Crippen LogP contribution is -2.56. The quantitative estimate of drug-likeness (QED) is 0.149. The zero-order valence-electron chi connectivity index (χ0n) is 33.6. The van der Waals surface area contributed by atoms with E-state index in [0.717, 1.165) is 75.3 Å². The number of aliphatic imine (C=N–C) groups is 2. The second kappa shape index (κ2) is 17.1. The topological polar surface area (TPSA) is 171 Å². The fourth-order valence-electron chi connectivity index (χ4n) is 9.79. The number of nitrogens with two attached hydrogens (primary N) is 2. The molecule has 11 nitrogen and oxygen atoms in total. The normalized spacial score (nSPS) is 23.4. The Balaban J connectivity index is 0.000000185. The first kappa shape index (κ1) is 45.1. The molecule has 4 aromatic rings. The summed E-state index contributed by atoms with van der Waals surface area (Å²) in [6.45, 7) is 0. The molecule has 7 N–H and O–H groups in total. The molecule has 4 spiro atoms. The van der Waals surface area contributed by atoms with Crippen LogP contribution < -0.4 is 27.1 Å². The van der Waals surface area contributed by atoms with Gasteiger partial charge in [0.25, 0.3) is 11.8 Å². The maximum Gasteiger partial charge on any atom is 0.266 e. The fraction of sp³-hybridized carbons (Fsp3) is 0.364. The van der Waals surface area contributed by atoms with Crippen LogP contribution in [0.1, 0.15) is 59.1 Å². The highest BCUT2D eigenvalue weighted by Gasteiger charge is 2.69. The molecule has 0 saturated heterocycles. The standard InChI is InChI=1S/C22H21BrN2O2S.C21H20BrN3O2.CH5N.HI.H3N/c1-25-19(26)22(24-20(25)28-2)17-13-16(23)7-8-18(17)27-21(22)11-9-14-5-3-4-6-15(14)10-12-21;1-25-18(26)21(24-19(25)23)16-12-15(22)6-7-17(16)27-20(21)10-8-13-4-2-3-5-14(13)9-11-20;1-2;;/h3-8,13H,9-12H2,1-2H3;2-7,12H,8-11H2,1H3,(H2,23,24);2H2,1H3;1H;1H3. The maximum absolute atomic E-state index is 13.7. The van der Waals surface area contributed by atoms with Crippen molar-refractivity contribution in [3.05, 3.63) is 127 Å². The molecule has 4 aromatic carbocycles. The first-order valence-corrected chi connectivity index (χ1v) is 22.0. The number of carbonyl (C=O) groups is 2. The van der Waals surface area contributed by atoms with Crippen molar-refractivity contribution in [2.75, 3.05) is 27.4 Å². The van der Waals surface area contributed by atoms with Gasteiger partial charge in [-0.3, -0.25) is 19.4 Å². The van der Waals surface area contributed by atoms with E-state index in [2.05, 4.69) is 86.1 Å². The highest BCUT2D eigenvalue weighted by molar-refractivity contribution is 14.0. The zero-order chi connectivity index (χ0) is 40.3. The summed E-state index contributed by atoms with van der Waals surface area (Å²) < 4.78 is 15.1. The van der Waals surface area contributed by atoms with Crippen LogP contribution in [-0.4, -0.2) is 71.3 Å². The molecule has 6 aliphatic rings. The second-order valence-electron chi connectivity index (χ2n) is 15.2. The minimum Gasteiger partial charge on any atom is -0.483 e. The Morgan fingerprint density at radius 1 is 0.644 bits per heavy atom. The van der Waals surface area contributed by atoms with Gasteiger partial charge in [0.1, 0.15) is 22.7 Å². The van der Waals surface area contributed by atoms with Crippen molar-refractivity contribution >= 4 is 90.5 Å². The van der Waals surface area contributed by atoms with E-state index in [1.165, 1.54) is 46.0 Å². The average molecular weight is 1060 g/mol. The molecule has 312 valence electrons. The Morgan fingerprint density at radius 2 is 1.02 bits per heavy atom. The smallest absolute Gasteiger partial charge is 0.266 e. The fourth-order valence-corrected chi connectivity index (χ4v) is 11.1. The minimum atomic E-state index is -1.12. The predicted octanol–water partition coefficient (Wildman–Crippen LogP) is 8.04. The van der Waals surface area contributed by atoms with E-state index in [1.54, 1.807) is 11.9 Å². The summed E-state index contributed by atoms with van der Waals surface area (Å²) in [5.74, 6) is 1.66. The van der Waals surface area contributed by atoms with E-state index < -0.39 is 22.3 Å². The molecular formula is C44H50Br2IN7O4S. The van der Waals surface area contributed by atoms with Crippen molar-refractivity contribution in [2.24, 2.45) is 21.5 Å². The monoisotopic (exact) mass is 1060 g/mol. The third kappa shape index (κ3) is 6.82. The van der Waals surface area contributed by atoms with Gasteiger partial charge in [-0.2, -0.15) is 0 Å². The first-order valence-electron chi connectivity index (χ1n) is 19.2.